The van der Waals surface area contributed by atoms with Gasteiger partial charge in [-0.15, -0.1) is 0 Å². The van der Waals surface area contributed by atoms with E-state index in [9.17, 15) is 13.2 Å². The van der Waals surface area contributed by atoms with Gasteiger partial charge >= 0.3 is 5.63 Å². The average Bonchev–Trinajstić information content (AvgIpc) is 2.77. The zero-order valence-corrected chi connectivity index (χ0v) is 17.1. The highest BCUT2D eigenvalue weighted by Crippen LogP contribution is 2.23. The SMILES string of the molecule is O=c1ccc2cc(S(=O)(=O)N(CCc3ccccc3)Cc3ccccc3)ccc2o1. The standard InChI is InChI=1S/C24H21NO4S/c26-24-14-11-21-17-22(12-13-23(21)29-24)30(27,28)25(18-20-9-5-2-6-10-20)16-15-19-7-3-1-4-8-19/h1-14,17H,15-16,18H2. The Morgan fingerprint density at radius 1 is 0.767 bits per heavy atom. The van der Waals surface area contributed by atoms with Crippen molar-refractivity contribution in [3.63, 3.8) is 0 Å². The molecular weight excluding hydrogens is 398 g/mol. The van der Waals surface area contributed by atoms with E-state index >= 15 is 0 Å². The lowest BCUT2D eigenvalue weighted by Crippen LogP contribution is -2.32. The summed E-state index contributed by atoms with van der Waals surface area (Å²) in [5.74, 6) is 0. The van der Waals surface area contributed by atoms with Crippen LogP contribution in [-0.4, -0.2) is 19.3 Å². The van der Waals surface area contributed by atoms with Gasteiger partial charge in [0, 0.05) is 24.5 Å². The number of hydrogen-bond acceptors (Lipinski definition) is 4. The Kier molecular flexibility index (Phi) is 5.79. The van der Waals surface area contributed by atoms with Crippen LogP contribution in [0.15, 0.2) is 105 Å². The second-order valence-electron chi connectivity index (χ2n) is 7.01. The van der Waals surface area contributed by atoms with Crippen LogP contribution in [0.3, 0.4) is 0 Å². The second kappa shape index (κ2) is 8.65. The van der Waals surface area contributed by atoms with Gasteiger partial charge in [0.15, 0.2) is 0 Å². The van der Waals surface area contributed by atoms with Crippen molar-refractivity contribution in [1.82, 2.24) is 4.31 Å². The Bertz CT molecular complexity index is 1300. The summed E-state index contributed by atoms with van der Waals surface area (Å²) in [5, 5.41) is 0.568. The van der Waals surface area contributed by atoms with Crippen LogP contribution >= 0.6 is 0 Å². The van der Waals surface area contributed by atoms with Gasteiger partial charge in [-0.3, -0.25) is 0 Å². The molecule has 3 aromatic carbocycles. The summed E-state index contributed by atoms with van der Waals surface area (Å²) < 4.78 is 33.6. The summed E-state index contributed by atoms with van der Waals surface area (Å²) in [6.07, 6.45) is 0.607. The largest absolute Gasteiger partial charge is 0.423 e. The summed E-state index contributed by atoms with van der Waals surface area (Å²) in [6, 6.07) is 26.8. The van der Waals surface area contributed by atoms with Gasteiger partial charge in [0.2, 0.25) is 10.0 Å². The van der Waals surface area contributed by atoms with Crippen molar-refractivity contribution in [1.29, 1.82) is 0 Å². The van der Waals surface area contributed by atoms with E-state index in [4.69, 9.17) is 4.42 Å². The highest BCUT2D eigenvalue weighted by Gasteiger charge is 2.25. The molecule has 0 N–H and O–H groups in total. The van der Waals surface area contributed by atoms with Crippen molar-refractivity contribution in [3.05, 3.63) is 113 Å². The van der Waals surface area contributed by atoms with Crippen LogP contribution in [0.2, 0.25) is 0 Å². The minimum atomic E-state index is -3.76. The van der Waals surface area contributed by atoms with Crippen molar-refractivity contribution >= 4 is 21.0 Å². The Balaban J connectivity index is 1.68. The third kappa shape index (κ3) is 4.50. The highest BCUT2D eigenvalue weighted by atomic mass is 32.2. The van der Waals surface area contributed by atoms with Crippen LogP contribution in [0, 0.1) is 0 Å². The molecule has 0 radical (unpaired) electrons. The Labute approximate surface area is 175 Å². The molecule has 0 amide bonds. The van der Waals surface area contributed by atoms with Crippen LogP contribution in [-0.2, 0) is 23.0 Å². The van der Waals surface area contributed by atoms with Gasteiger partial charge in [-0.25, -0.2) is 13.2 Å². The van der Waals surface area contributed by atoms with Gasteiger partial charge in [0.25, 0.3) is 0 Å². The first kappa shape index (κ1) is 20.1. The van der Waals surface area contributed by atoms with E-state index in [-0.39, 0.29) is 11.4 Å². The van der Waals surface area contributed by atoms with Crippen molar-refractivity contribution in [2.75, 3.05) is 6.54 Å². The molecule has 0 atom stereocenters. The highest BCUT2D eigenvalue weighted by molar-refractivity contribution is 7.89. The first-order valence-electron chi connectivity index (χ1n) is 9.64. The first-order valence-corrected chi connectivity index (χ1v) is 11.1. The van der Waals surface area contributed by atoms with E-state index in [2.05, 4.69) is 0 Å². The van der Waals surface area contributed by atoms with E-state index < -0.39 is 15.6 Å². The van der Waals surface area contributed by atoms with Crippen molar-refractivity contribution in [2.45, 2.75) is 17.9 Å². The average molecular weight is 420 g/mol. The molecule has 0 bridgehead atoms. The fourth-order valence-corrected chi connectivity index (χ4v) is 4.79. The molecule has 0 fully saturated rings. The monoisotopic (exact) mass is 419 g/mol. The Morgan fingerprint density at radius 3 is 2.13 bits per heavy atom. The molecule has 5 nitrogen and oxygen atoms in total. The zero-order chi connectivity index (χ0) is 21.0. The Hall–Kier alpha value is -3.22. The molecule has 4 aromatic rings. The molecule has 30 heavy (non-hydrogen) atoms. The van der Waals surface area contributed by atoms with E-state index in [0.717, 1.165) is 11.1 Å². The number of nitrogens with zero attached hydrogens (tertiary/aromatic N) is 1. The predicted molar refractivity (Wildman–Crippen MR) is 117 cm³/mol. The molecule has 6 heteroatoms. The molecule has 4 rings (SSSR count). The fraction of sp³-hybridized carbons (Fsp3) is 0.125. The molecule has 0 aliphatic rings. The minimum Gasteiger partial charge on any atom is -0.423 e. The van der Waals surface area contributed by atoms with E-state index in [1.54, 1.807) is 12.1 Å². The summed E-state index contributed by atoms with van der Waals surface area (Å²) in [4.78, 5) is 11.6. The topological polar surface area (TPSA) is 67.6 Å². The third-order valence-corrected chi connectivity index (χ3v) is 6.76. The third-order valence-electron chi connectivity index (χ3n) is 4.92. The van der Waals surface area contributed by atoms with Gasteiger partial charge in [0.05, 0.1) is 4.90 Å². The van der Waals surface area contributed by atoms with E-state index in [0.29, 0.717) is 23.9 Å². The molecular formula is C24H21NO4S. The number of hydrogen-bond donors (Lipinski definition) is 0. The van der Waals surface area contributed by atoms with Crippen LogP contribution in [0.1, 0.15) is 11.1 Å². The van der Waals surface area contributed by atoms with Crippen LogP contribution < -0.4 is 5.63 Å². The lowest BCUT2D eigenvalue weighted by molar-refractivity contribution is 0.409. The molecule has 152 valence electrons. The maximum atomic E-state index is 13.5. The van der Waals surface area contributed by atoms with Crippen LogP contribution in [0.5, 0.6) is 0 Å². The summed E-state index contributed by atoms with van der Waals surface area (Å²) in [5.41, 5.74) is 1.89. The number of sulfonamides is 1. The number of rotatable bonds is 7. The molecule has 0 aliphatic carbocycles. The van der Waals surface area contributed by atoms with Crippen molar-refractivity contribution in [2.24, 2.45) is 0 Å². The Morgan fingerprint density at radius 2 is 1.43 bits per heavy atom. The quantitative estimate of drug-likeness (QED) is 0.421. The summed E-state index contributed by atoms with van der Waals surface area (Å²) >= 11 is 0. The maximum absolute atomic E-state index is 13.5. The van der Waals surface area contributed by atoms with Crippen molar-refractivity contribution in [3.8, 4) is 0 Å². The first-order chi connectivity index (χ1) is 14.5. The fourth-order valence-electron chi connectivity index (χ4n) is 3.33. The lowest BCUT2D eigenvalue weighted by Gasteiger charge is -2.22. The van der Waals surface area contributed by atoms with Gasteiger partial charge in [-0.1, -0.05) is 60.7 Å². The van der Waals surface area contributed by atoms with Crippen LogP contribution in [0.4, 0.5) is 0 Å². The predicted octanol–water partition coefficient (Wildman–Crippen LogP) is 4.23. The molecule has 0 unspecified atom stereocenters. The summed E-state index contributed by atoms with van der Waals surface area (Å²) in [6.45, 7) is 0.626. The minimum absolute atomic E-state index is 0.174. The van der Waals surface area contributed by atoms with Gasteiger partial charge in [0.1, 0.15) is 5.58 Å². The van der Waals surface area contributed by atoms with Crippen LogP contribution in [0.25, 0.3) is 11.0 Å². The zero-order valence-electron chi connectivity index (χ0n) is 16.3. The van der Waals surface area contributed by atoms with E-state index in [1.165, 1.54) is 22.5 Å². The molecule has 0 saturated heterocycles. The van der Waals surface area contributed by atoms with Gasteiger partial charge in [-0.05, 0) is 41.8 Å². The second-order valence-corrected chi connectivity index (χ2v) is 8.95. The smallest absolute Gasteiger partial charge is 0.336 e. The molecule has 0 spiro atoms. The van der Waals surface area contributed by atoms with Gasteiger partial charge in [-0.2, -0.15) is 4.31 Å². The normalized spacial score (nSPS) is 11.8. The molecule has 1 heterocycles. The summed E-state index contributed by atoms with van der Waals surface area (Å²) in [7, 11) is -3.76. The maximum Gasteiger partial charge on any atom is 0.336 e. The van der Waals surface area contributed by atoms with Crippen molar-refractivity contribution < 1.29 is 12.8 Å². The molecule has 0 aliphatic heterocycles. The molecule has 0 saturated carbocycles. The number of fused-ring (bicyclic) bond motifs is 1. The number of benzene rings is 3. The molecule has 1 aromatic heterocycles. The van der Waals surface area contributed by atoms with E-state index in [1.807, 2.05) is 60.7 Å². The van der Waals surface area contributed by atoms with Gasteiger partial charge < -0.3 is 4.42 Å². The lowest BCUT2D eigenvalue weighted by atomic mass is 10.1.